The molecule has 0 saturated carbocycles. The maximum absolute atomic E-state index is 13.0. The third-order valence-electron chi connectivity index (χ3n) is 5.07. The van der Waals surface area contributed by atoms with Crippen LogP contribution in [0.25, 0.3) is 11.3 Å². The molecule has 34 heavy (non-hydrogen) atoms. The molecule has 2 N–H and O–H groups in total. The Morgan fingerprint density at radius 1 is 0.824 bits per heavy atom. The van der Waals surface area contributed by atoms with E-state index < -0.39 is 5.82 Å². The fraction of sp³-hybridized carbons (Fsp3) is 0.111. The number of rotatable bonds is 8. The maximum atomic E-state index is 13.0. The first-order valence-electron chi connectivity index (χ1n) is 10.8. The van der Waals surface area contributed by atoms with Gasteiger partial charge in [0.1, 0.15) is 17.5 Å². The molecule has 1 aromatic heterocycles. The van der Waals surface area contributed by atoms with Crippen LogP contribution in [0, 0.1) is 12.7 Å². The number of nitrogens with zero attached hydrogens (tertiary/aromatic N) is 2. The molecule has 0 bridgehead atoms. The molecule has 7 heteroatoms. The molecule has 1 amide bonds. The number of aromatic nitrogens is 2. The highest BCUT2D eigenvalue weighted by atomic mass is 19.1. The lowest BCUT2D eigenvalue weighted by Crippen LogP contribution is -2.13. The van der Waals surface area contributed by atoms with Crippen LogP contribution in [0.3, 0.4) is 0 Å². The normalized spacial score (nSPS) is 10.5. The van der Waals surface area contributed by atoms with Crippen molar-refractivity contribution in [2.45, 2.75) is 19.8 Å². The number of amides is 1. The summed E-state index contributed by atoms with van der Waals surface area (Å²) >= 11 is 0. The number of halogens is 1. The second-order valence-corrected chi connectivity index (χ2v) is 7.74. The molecule has 0 atom stereocenters. The fourth-order valence-electron chi connectivity index (χ4n) is 3.44. The predicted molar refractivity (Wildman–Crippen MR) is 131 cm³/mol. The molecule has 0 saturated heterocycles. The van der Waals surface area contributed by atoms with Gasteiger partial charge < -0.3 is 10.6 Å². The van der Waals surface area contributed by atoms with Gasteiger partial charge in [-0.15, -0.1) is 0 Å². The summed E-state index contributed by atoms with van der Waals surface area (Å²) in [6.45, 7) is 1.83. The number of ketones is 1. The Morgan fingerprint density at radius 2 is 1.56 bits per heavy atom. The van der Waals surface area contributed by atoms with Gasteiger partial charge in [0.15, 0.2) is 5.78 Å². The molecule has 170 valence electrons. The van der Waals surface area contributed by atoms with Crippen LogP contribution in [0.2, 0.25) is 0 Å². The minimum absolute atomic E-state index is 0.0272. The van der Waals surface area contributed by atoms with Gasteiger partial charge >= 0.3 is 0 Å². The van der Waals surface area contributed by atoms with Crippen molar-refractivity contribution in [1.29, 1.82) is 0 Å². The summed E-state index contributed by atoms with van der Waals surface area (Å²) in [5, 5.41) is 6.07. The summed E-state index contributed by atoms with van der Waals surface area (Å²) in [4.78, 5) is 33.5. The lowest BCUT2D eigenvalue weighted by molar-refractivity contribution is -0.116. The van der Waals surface area contributed by atoms with E-state index in [-0.39, 0.29) is 24.5 Å². The summed E-state index contributed by atoms with van der Waals surface area (Å²) in [5.41, 5.74) is 3.53. The second kappa shape index (κ2) is 10.5. The van der Waals surface area contributed by atoms with Gasteiger partial charge in [-0.1, -0.05) is 36.4 Å². The number of nitrogens with one attached hydrogen (secondary N) is 2. The number of benzene rings is 3. The minimum atomic E-state index is -0.406. The van der Waals surface area contributed by atoms with Crippen molar-refractivity contribution in [3.8, 4) is 11.3 Å². The molecule has 6 nitrogen and oxygen atoms in total. The third-order valence-corrected chi connectivity index (χ3v) is 5.07. The number of anilines is 3. The molecule has 3 aromatic carbocycles. The molecule has 4 rings (SSSR count). The summed E-state index contributed by atoms with van der Waals surface area (Å²) in [5.74, 6) is 0.380. The average molecular weight is 455 g/mol. The molecule has 0 fully saturated rings. The molecule has 4 aromatic rings. The van der Waals surface area contributed by atoms with Gasteiger partial charge in [0.05, 0.1) is 5.69 Å². The van der Waals surface area contributed by atoms with Crippen molar-refractivity contribution in [2.24, 2.45) is 0 Å². The molecule has 0 radical (unpaired) electrons. The fourth-order valence-corrected chi connectivity index (χ4v) is 3.44. The van der Waals surface area contributed by atoms with Gasteiger partial charge in [-0.3, -0.25) is 9.59 Å². The van der Waals surface area contributed by atoms with Gasteiger partial charge in [0.25, 0.3) is 0 Å². The number of carbonyl (C=O) groups excluding carboxylic acids is 2. The van der Waals surface area contributed by atoms with E-state index in [2.05, 4.69) is 20.6 Å². The van der Waals surface area contributed by atoms with Crippen molar-refractivity contribution in [2.75, 3.05) is 10.6 Å². The van der Waals surface area contributed by atoms with E-state index in [1.165, 1.54) is 24.3 Å². The second-order valence-electron chi connectivity index (χ2n) is 7.74. The largest absolute Gasteiger partial charge is 0.340 e. The van der Waals surface area contributed by atoms with Crippen LogP contribution >= 0.6 is 0 Å². The Kier molecular flexibility index (Phi) is 7.03. The van der Waals surface area contributed by atoms with Crippen LogP contribution in [-0.2, 0) is 4.79 Å². The zero-order chi connectivity index (χ0) is 23.9. The monoisotopic (exact) mass is 454 g/mol. The summed E-state index contributed by atoms with van der Waals surface area (Å²) < 4.78 is 13.0. The highest BCUT2D eigenvalue weighted by Crippen LogP contribution is 2.23. The average Bonchev–Trinajstić information content (AvgIpc) is 2.83. The first kappa shape index (κ1) is 22.8. The van der Waals surface area contributed by atoms with Crippen molar-refractivity contribution in [3.05, 3.63) is 102 Å². The van der Waals surface area contributed by atoms with Crippen molar-refractivity contribution < 1.29 is 14.0 Å². The summed E-state index contributed by atoms with van der Waals surface area (Å²) in [6, 6.07) is 24.3. The number of carbonyl (C=O) groups is 2. The van der Waals surface area contributed by atoms with Crippen molar-refractivity contribution >= 4 is 28.9 Å². The first-order valence-corrected chi connectivity index (χ1v) is 10.8. The lowest BCUT2D eigenvalue weighted by atomic mass is 10.1. The first-order chi connectivity index (χ1) is 16.5. The van der Waals surface area contributed by atoms with Gasteiger partial charge in [-0.25, -0.2) is 14.4 Å². The number of hydrogen-bond donors (Lipinski definition) is 2. The molecule has 1 heterocycles. The van der Waals surface area contributed by atoms with Gasteiger partial charge in [-0.2, -0.15) is 0 Å². The molecule has 0 aliphatic heterocycles. The van der Waals surface area contributed by atoms with Crippen molar-refractivity contribution in [3.63, 3.8) is 0 Å². The molecular weight excluding hydrogens is 431 g/mol. The number of Topliss-reactive ketones (excluding diaryl/α,β-unsaturated/α-hetero) is 1. The summed E-state index contributed by atoms with van der Waals surface area (Å²) in [6.07, 6.45) is 0.0668. The molecule has 0 unspecified atom stereocenters. The van der Waals surface area contributed by atoms with Crippen LogP contribution in [0.15, 0.2) is 84.9 Å². The standard InChI is InChI=1S/C27H23FN4O2/c1-18-29-24(19-6-3-2-4-7-19)17-26(30-18)31-22-8-5-9-23(16-22)32-27(34)15-14-25(33)20-10-12-21(28)13-11-20/h2-13,16-17H,14-15H2,1H3,(H,32,34)(H,29,30,31). The SMILES string of the molecule is Cc1nc(Nc2cccc(NC(=O)CCC(=O)c3ccc(F)cc3)c2)cc(-c2ccccc2)n1. The van der Waals surface area contributed by atoms with Gasteiger partial charge in [-0.05, 0) is 49.4 Å². The van der Waals surface area contributed by atoms with E-state index in [0.29, 0.717) is 22.9 Å². The van der Waals surface area contributed by atoms with Crippen LogP contribution in [-0.4, -0.2) is 21.7 Å². The van der Waals surface area contributed by atoms with Crippen LogP contribution in [0.1, 0.15) is 29.0 Å². The Morgan fingerprint density at radius 3 is 2.32 bits per heavy atom. The van der Waals surface area contributed by atoms with E-state index in [4.69, 9.17) is 0 Å². The highest BCUT2D eigenvalue weighted by Gasteiger charge is 2.11. The van der Waals surface area contributed by atoms with Gasteiger partial charge in [0.2, 0.25) is 5.91 Å². The van der Waals surface area contributed by atoms with Crippen LogP contribution in [0.4, 0.5) is 21.6 Å². The van der Waals surface area contributed by atoms with E-state index in [1.54, 1.807) is 12.1 Å². The van der Waals surface area contributed by atoms with E-state index >= 15 is 0 Å². The quantitative estimate of drug-likeness (QED) is 0.322. The molecular formula is C27H23FN4O2. The van der Waals surface area contributed by atoms with Crippen molar-refractivity contribution in [1.82, 2.24) is 9.97 Å². The lowest BCUT2D eigenvalue weighted by Gasteiger charge is -2.11. The topological polar surface area (TPSA) is 84.0 Å². The minimum Gasteiger partial charge on any atom is -0.340 e. The highest BCUT2D eigenvalue weighted by molar-refractivity contribution is 6.00. The maximum Gasteiger partial charge on any atom is 0.224 e. The number of hydrogen-bond acceptors (Lipinski definition) is 5. The predicted octanol–water partition coefficient (Wildman–Crippen LogP) is 5.94. The Bertz CT molecular complexity index is 1310. The van der Waals surface area contributed by atoms with Gasteiger partial charge in [0, 0.05) is 41.4 Å². The van der Waals surface area contributed by atoms with E-state index in [1.807, 2.05) is 55.5 Å². The van der Waals surface area contributed by atoms with E-state index in [9.17, 15) is 14.0 Å². The zero-order valence-electron chi connectivity index (χ0n) is 18.6. The Hall–Kier alpha value is -4.39. The van der Waals surface area contributed by atoms with Crippen LogP contribution < -0.4 is 10.6 Å². The zero-order valence-corrected chi connectivity index (χ0v) is 18.6. The van der Waals surface area contributed by atoms with E-state index in [0.717, 1.165) is 16.9 Å². The molecule has 0 aliphatic carbocycles. The molecule has 0 aliphatic rings. The Labute approximate surface area is 196 Å². The smallest absolute Gasteiger partial charge is 0.224 e. The Balaban J connectivity index is 1.38. The molecule has 0 spiro atoms. The summed E-state index contributed by atoms with van der Waals surface area (Å²) in [7, 11) is 0. The number of aryl methyl sites for hydroxylation is 1. The van der Waals surface area contributed by atoms with Crippen LogP contribution in [0.5, 0.6) is 0 Å². The third kappa shape index (κ3) is 6.10.